The molecule has 110 valence electrons. The summed E-state index contributed by atoms with van der Waals surface area (Å²) in [5, 5.41) is 2.94. The minimum absolute atomic E-state index is 0.0970. The summed E-state index contributed by atoms with van der Waals surface area (Å²) in [6.45, 7) is 2.88. The fourth-order valence-electron chi connectivity index (χ4n) is 2.78. The first-order chi connectivity index (χ1) is 10.2. The van der Waals surface area contributed by atoms with Gasteiger partial charge in [0.1, 0.15) is 11.5 Å². The summed E-state index contributed by atoms with van der Waals surface area (Å²) in [6, 6.07) is 13.5. The first-order valence-corrected chi connectivity index (χ1v) is 7.24. The van der Waals surface area contributed by atoms with E-state index >= 15 is 0 Å². The summed E-state index contributed by atoms with van der Waals surface area (Å²) in [5.41, 5.74) is 0.0544. The van der Waals surface area contributed by atoms with E-state index in [4.69, 9.17) is 9.15 Å². The fraction of sp³-hybridized carbons (Fsp3) is 0.353. The first-order valence-electron chi connectivity index (χ1n) is 7.24. The molecule has 1 N–H and O–H groups in total. The molecule has 21 heavy (non-hydrogen) atoms. The number of furan rings is 1. The lowest BCUT2D eigenvalue weighted by Gasteiger charge is -2.27. The van der Waals surface area contributed by atoms with Crippen LogP contribution in [-0.4, -0.2) is 12.5 Å². The number of ether oxygens (including phenoxy) is 1. The Hall–Kier alpha value is -2.07. The Morgan fingerprint density at radius 2 is 2.05 bits per heavy atom. The average Bonchev–Trinajstić information content (AvgIpc) is 3.15. The van der Waals surface area contributed by atoms with Crippen molar-refractivity contribution < 1.29 is 13.9 Å². The van der Waals surface area contributed by atoms with E-state index in [1.54, 1.807) is 0 Å². The number of nitrogens with one attached hydrogen (secondary N) is 1. The van der Waals surface area contributed by atoms with E-state index in [0.29, 0.717) is 19.6 Å². The van der Waals surface area contributed by atoms with Gasteiger partial charge in [-0.25, -0.2) is 0 Å². The van der Waals surface area contributed by atoms with Crippen LogP contribution in [0.15, 0.2) is 46.9 Å². The van der Waals surface area contributed by atoms with Gasteiger partial charge in [-0.3, -0.25) is 4.79 Å². The molecular formula is C17H19NO3. The molecule has 4 nitrogen and oxygen atoms in total. The average molecular weight is 285 g/mol. The Bertz CT molecular complexity index is 612. The van der Waals surface area contributed by atoms with Crippen LogP contribution in [0.2, 0.25) is 0 Å². The van der Waals surface area contributed by atoms with Crippen molar-refractivity contribution in [3.8, 4) is 0 Å². The van der Waals surface area contributed by atoms with Crippen molar-refractivity contribution in [2.75, 3.05) is 6.61 Å². The van der Waals surface area contributed by atoms with Crippen LogP contribution >= 0.6 is 0 Å². The van der Waals surface area contributed by atoms with E-state index in [2.05, 4.69) is 5.32 Å². The van der Waals surface area contributed by atoms with Crippen molar-refractivity contribution >= 4 is 5.91 Å². The molecule has 2 aromatic rings. The summed E-state index contributed by atoms with van der Waals surface area (Å²) >= 11 is 0. The van der Waals surface area contributed by atoms with Gasteiger partial charge in [-0.15, -0.1) is 0 Å². The molecule has 4 heteroatoms. The molecule has 1 aromatic carbocycles. The third-order valence-electron chi connectivity index (χ3n) is 3.85. The first kappa shape index (κ1) is 13.9. The maximum absolute atomic E-state index is 12.7. The fourth-order valence-corrected chi connectivity index (χ4v) is 2.78. The van der Waals surface area contributed by atoms with Gasteiger partial charge in [0.25, 0.3) is 5.91 Å². The Morgan fingerprint density at radius 3 is 2.67 bits per heavy atom. The Kier molecular flexibility index (Phi) is 3.80. The van der Waals surface area contributed by atoms with Crippen molar-refractivity contribution in [1.29, 1.82) is 0 Å². The number of aryl methyl sites for hydroxylation is 1. The quantitative estimate of drug-likeness (QED) is 0.939. The smallest absolute Gasteiger partial charge is 0.257 e. The Morgan fingerprint density at radius 1 is 1.24 bits per heavy atom. The highest BCUT2D eigenvalue weighted by atomic mass is 16.5. The summed E-state index contributed by atoms with van der Waals surface area (Å²) in [7, 11) is 0. The van der Waals surface area contributed by atoms with Crippen LogP contribution < -0.4 is 5.32 Å². The maximum Gasteiger partial charge on any atom is 0.257 e. The third-order valence-corrected chi connectivity index (χ3v) is 3.85. The molecule has 1 unspecified atom stereocenters. The predicted octanol–water partition coefficient (Wildman–Crippen LogP) is 2.91. The van der Waals surface area contributed by atoms with Crippen molar-refractivity contribution in [2.45, 2.75) is 31.9 Å². The topological polar surface area (TPSA) is 51.5 Å². The number of hydrogen-bond acceptors (Lipinski definition) is 3. The largest absolute Gasteiger partial charge is 0.465 e. The van der Waals surface area contributed by atoms with Crippen LogP contribution in [-0.2, 0) is 21.7 Å². The highest BCUT2D eigenvalue weighted by Gasteiger charge is 2.44. The number of benzene rings is 1. The Labute approximate surface area is 124 Å². The number of carbonyl (C=O) groups is 1. The summed E-state index contributed by atoms with van der Waals surface area (Å²) in [6.07, 6.45) is 1.60. The lowest BCUT2D eigenvalue weighted by Crippen LogP contribution is -2.43. The zero-order valence-corrected chi connectivity index (χ0v) is 12.1. The van der Waals surface area contributed by atoms with E-state index in [9.17, 15) is 4.79 Å². The summed E-state index contributed by atoms with van der Waals surface area (Å²) < 4.78 is 11.3. The van der Waals surface area contributed by atoms with Crippen LogP contribution in [0, 0.1) is 6.92 Å². The highest BCUT2D eigenvalue weighted by Crippen LogP contribution is 2.36. The molecule has 1 atom stereocenters. The molecule has 1 fully saturated rings. The third kappa shape index (κ3) is 2.72. The molecule has 1 aliphatic heterocycles. The SMILES string of the molecule is Cc1ccc(CNC(=O)C2(c3ccccc3)CCCO2)o1. The van der Waals surface area contributed by atoms with Crippen LogP contribution in [0.1, 0.15) is 29.9 Å². The molecular weight excluding hydrogens is 266 g/mol. The van der Waals surface area contributed by atoms with Gasteiger partial charge in [0, 0.05) is 6.61 Å². The minimum Gasteiger partial charge on any atom is -0.465 e. The number of hydrogen-bond donors (Lipinski definition) is 1. The van der Waals surface area contributed by atoms with Gasteiger partial charge in [-0.2, -0.15) is 0 Å². The van der Waals surface area contributed by atoms with Gasteiger partial charge in [0.05, 0.1) is 6.54 Å². The molecule has 0 aliphatic carbocycles. The minimum atomic E-state index is -0.858. The van der Waals surface area contributed by atoms with Gasteiger partial charge in [-0.05, 0) is 37.5 Å². The van der Waals surface area contributed by atoms with E-state index in [0.717, 1.165) is 23.5 Å². The highest BCUT2D eigenvalue weighted by molar-refractivity contribution is 5.86. The van der Waals surface area contributed by atoms with E-state index in [1.807, 2.05) is 49.4 Å². The second-order valence-corrected chi connectivity index (χ2v) is 5.34. The van der Waals surface area contributed by atoms with Crippen LogP contribution in [0.4, 0.5) is 0 Å². The van der Waals surface area contributed by atoms with Crippen molar-refractivity contribution in [1.82, 2.24) is 5.32 Å². The molecule has 0 saturated carbocycles. The zero-order valence-electron chi connectivity index (χ0n) is 12.1. The molecule has 0 radical (unpaired) electrons. The molecule has 1 aliphatic rings. The molecule has 1 aromatic heterocycles. The molecule has 1 amide bonds. The Balaban J connectivity index is 1.76. The molecule has 3 rings (SSSR count). The van der Waals surface area contributed by atoms with E-state index in [1.165, 1.54) is 0 Å². The maximum atomic E-state index is 12.7. The number of carbonyl (C=O) groups excluding carboxylic acids is 1. The number of amides is 1. The van der Waals surface area contributed by atoms with Gasteiger partial charge in [0.15, 0.2) is 5.60 Å². The van der Waals surface area contributed by atoms with Gasteiger partial charge in [0.2, 0.25) is 0 Å². The standard InChI is InChI=1S/C17H19NO3/c1-13-8-9-15(21-13)12-18-16(19)17(10-5-11-20-17)14-6-3-2-4-7-14/h2-4,6-9H,5,10-12H2,1H3,(H,18,19). The normalized spacial score (nSPS) is 21.4. The molecule has 2 heterocycles. The van der Waals surface area contributed by atoms with Gasteiger partial charge >= 0.3 is 0 Å². The van der Waals surface area contributed by atoms with Gasteiger partial charge < -0.3 is 14.5 Å². The summed E-state index contributed by atoms with van der Waals surface area (Å²) in [5.74, 6) is 1.50. The monoisotopic (exact) mass is 285 g/mol. The van der Waals surface area contributed by atoms with Crippen LogP contribution in [0.3, 0.4) is 0 Å². The number of rotatable bonds is 4. The molecule has 0 spiro atoms. The van der Waals surface area contributed by atoms with E-state index < -0.39 is 5.60 Å². The summed E-state index contributed by atoms with van der Waals surface area (Å²) in [4.78, 5) is 12.7. The van der Waals surface area contributed by atoms with Gasteiger partial charge in [-0.1, -0.05) is 30.3 Å². The van der Waals surface area contributed by atoms with E-state index in [-0.39, 0.29) is 5.91 Å². The second-order valence-electron chi connectivity index (χ2n) is 5.34. The second kappa shape index (κ2) is 5.74. The lowest BCUT2D eigenvalue weighted by molar-refractivity contribution is -0.142. The van der Waals surface area contributed by atoms with Crippen molar-refractivity contribution in [3.63, 3.8) is 0 Å². The van der Waals surface area contributed by atoms with Crippen molar-refractivity contribution in [2.24, 2.45) is 0 Å². The molecule has 1 saturated heterocycles. The van der Waals surface area contributed by atoms with Crippen LogP contribution in [0.25, 0.3) is 0 Å². The van der Waals surface area contributed by atoms with Crippen molar-refractivity contribution in [3.05, 3.63) is 59.5 Å². The predicted molar refractivity (Wildman–Crippen MR) is 78.6 cm³/mol. The van der Waals surface area contributed by atoms with Crippen LogP contribution in [0.5, 0.6) is 0 Å². The zero-order chi connectivity index (χ0) is 14.7. The lowest BCUT2D eigenvalue weighted by atomic mass is 9.90. The molecule has 0 bridgehead atoms.